The fourth-order valence-electron chi connectivity index (χ4n) is 3.59. The molecule has 3 aromatic rings. The number of aliphatic imine (C=N–C) groups is 1. The van der Waals surface area contributed by atoms with Crippen molar-refractivity contribution in [3.8, 4) is 5.00 Å². The quantitative estimate of drug-likeness (QED) is 0.567. The van der Waals surface area contributed by atoms with Gasteiger partial charge in [0.25, 0.3) is 0 Å². The Morgan fingerprint density at radius 3 is 2.47 bits per heavy atom. The lowest BCUT2D eigenvalue weighted by Crippen LogP contribution is -2.41. The number of amides is 2. The molecule has 1 aliphatic rings. The number of thiophene rings is 1. The molecule has 0 fully saturated rings. The Kier molecular flexibility index (Phi) is 6.12. The highest BCUT2D eigenvalue weighted by molar-refractivity contribution is 7.15. The summed E-state index contributed by atoms with van der Waals surface area (Å²) in [6.07, 6.45) is 0.279. The normalized spacial score (nSPS) is 14.8. The van der Waals surface area contributed by atoms with Crippen LogP contribution in [-0.4, -0.2) is 32.3 Å². The molecule has 10 heteroatoms. The predicted octanol–water partition coefficient (Wildman–Crippen LogP) is 3.75. The minimum atomic E-state index is -0.584. The van der Waals surface area contributed by atoms with Gasteiger partial charge in [0.1, 0.15) is 16.9 Å². The fourth-order valence-corrected chi connectivity index (χ4v) is 4.93. The van der Waals surface area contributed by atoms with Crippen molar-refractivity contribution >= 4 is 40.5 Å². The third kappa shape index (κ3) is 4.05. The molecule has 3 heterocycles. The Morgan fingerprint density at radius 2 is 1.78 bits per heavy atom. The van der Waals surface area contributed by atoms with Crippen molar-refractivity contribution in [1.82, 2.24) is 25.6 Å². The van der Waals surface area contributed by atoms with Crippen LogP contribution < -0.4 is 10.9 Å². The lowest BCUT2D eigenvalue weighted by molar-refractivity contribution is -0.128. The molecule has 2 aromatic heterocycles. The van der Waals surface area contributed by atoms with Crippen LogP contribution >= 0.6 is 22.9 Å². The Bertz CT molecular complexity index is 1230. The van der Waals surface area contributed by atoms with Gasteiger partial charge in [0, 0.05) is 27.4 Å². The van der Waals surface area contributed by atoms with E-state index in [0.29, 0.717) is 10.8 Å². The number of carbonyl (C=O) groups excluding carboxylic acids is 2. The second kappa shape index (κ2) is 8.84. The third-order valence-corrected chi connectivity index (χ3v) is 6.84. The standard InChI is InChI=1S/C22H23ClN6O2S/c1-5-17(30)26-27-18(31)10-16-21-28-25-13(4)29(21)22-19(11(2)12(3)32-22)20(24-16)14-6-8-15(23)9-7-14/h6-9,16H,5,10H2,1-4H3,(H,26,30)(H,27,31)/t16-/m0/s1. The highest BCUT2D eigenvalue weighted by atomic mass is 35.5. The molecule has 0 saturated carbocycles. The Labute approximate surface area is 194 Å². The van der Waals surface area contributed by atoms with Gasteiger partial charge >= 0.3 is 0 Å². The van der Waals surface area contributed by atoms with Gasteiger partial charge < -0.3 is 0 Å². The van der Waals surface area contributed by atoms with Gasteiger partial charge in [-0.15, -0.1) is 21.5 Å². The molecule has 2 N–H and O–H groups in total. The summed E-state index contributed by atoms with van der Waals surface area (Å²) in [5.41, 5.74) is 8.66. The largest absolute Gasteiger partial charge is 0.273 e. The van der Waals surface area contributed by atoms with Crippen LogP contribution in [0.25, 0.3) is 5.00 Å². The molecule has 32 heavy (non-hydrogen) atoms. The zero-order valence-corrected chi connectivity index (χ0v) is 19.8. The number of hydrogen-bond donors (Lipinski definition) is 2. The molecule has 1 aliphatic heterocycles. The van der Waals surface area contributed by atoms with Gasteiger partial charge in [-0.1, -0.05) is 30.7 Å². The van der Waals surface area contributed by atoms with E-state index in [4.69, 9.17) is 16.6 Å². The lowest BCUT2D eigenvalue weighted by Gasteiger charge is -2.13. The van der Waals surface area contributed by atoms with E-state index in [9.17, 15) is 9.59 Å². The number of nitrogens with one attached hydrogen (secondary N) is 2. The summed E-state index contributed by atoms with van der Waals surface area (Å²) >= 11 is 7.77. The number of benzene rings is 1. The first-order chi connectivity index (χ1) is 15.3. The van der Waals surface area contributed by atoms with Crippen LogP contribution in [0.3, 0.4) is 0 Å². The summed E-state index contributed by atoms with van der Waals surface area (Å²) in [6, 6.07) is 6.92. The van der Waals surface area contributed by atoms with Crippen LogP contribution in [0.15, 0.2) is 29.3 Å². The molecule has 0 radical (unpaired) electrons. The summed E-state index contributed by atoms with van der Waals surface area (Å²) in [6.45, 7) is 7.75. The van der Waals surface area contributed by atoms with E-state index in [2.05, 4.69) is 34.9 Å². The van der Waals surface area contributed by atoms with E-state index in [1.807, 2.05) is 35.8 Å². The molecular weight excluding hydrogens is 448 g/mol. The molecule has 4 rings (SSSR count). The molecular formula is C22H23ClN6O2S. The van der Waals surface area contributed by atoms with Crippen LogP contribution in [0.2, 0.25) is 5.02 Å². The predicted molar refractivity (Wildman–Crippen MR) is 124 cm³/mol. The summed E-state index contributed by atoms with van der Waals surface area (Å²) in [5, 5.41) is 10.2. The first-order valence-electron chi connectivity index (χ1n) is 10.2. The minimum Gasteiger partial charge on any atom is -0.273 e. The van der Waals surface area contributed by atoms with Crippen molar-refractivity contribution in [1.29, 1.82) is 0 Å². The van der Waals surface area contributed by atoms with E-state index in [0.717, 1.165) is 33.2 Å². The number of nitrogens with zero attached hydrogens (tertiary/aromatic N) is 4. The first kappa shape index (κ1) is 22.2. The average molecular weight is 471 g/mol. The van der Waals surface area contributed by atoms with E-state index in [-0.39, 0.29) is 24.7 Å². The Morgan fingerprint density at radius 1 is 1.09 bits per heavy atom. The van der Waals surface area contributed by atoms with Crippen LogP contribution in [0, 0.1) is 20.8 Å². The first-order valence-corrected chi connectivity index (χ1v) is 11.4. The fraction of sp³-hybridized carbons (Fsp3) is 0.318. The summed E-state index contributed by atoms with van der Waals surface area (Å²) < 4.78 is 1.98. The third-order valence-electron chi connectivity index (χ3n) is 5.40. The highest BCUT2D eigenvalue weighted by Gasteiger charge is 2.32. The SMILES string of the molecule is CCC(=O)NNC(=O)C[C@@H]1N=C(c2ccc(Cl)cc2)c2c(sc(C)c2C)-n2c(C)nnc21. The van der Waals surface area contributed by atoms with Gasteiger partial charge in [0.15, 0.2) is 5.82 Å². The maximum atomic E-state index is 12.6. The molecule has 0 spiro atoms. The summed E-state index contributed by atoms with van der Waals surface area (Å²) in [4.78, 5) is 30.3. The van der Waals surface area contributed by atoms with E-state index >= 15 is 0 Å². The summed E-state index contributed by atoms with van der Waals surface area (Å²) in [5.74, 6) is 0.684. The van der Waals surface area contributed by atoms with Crippen molar-refractivity contribution < 1.29 is 9.59 Å². The van der Waals surface area contributed by atoms with Crippen LogP contribution in [0.5, 0.6) is 0 Å². The molecule has 8 nitrogen and oxygen atoms in total. The molecule has 1 atom stereocenters. The molecule has 0 aliphatic carbocycles. The van der Waals surface area contributed by atoms with Crippen LogP contribution in [-0.2, 0) is 9.59 Å². The lowest BCUT2D eigenvalue weighted by atomic mass is 9.99. The molecule has 0 saturated heterocycles. The number of fused-ring (bicyclic) bond motifs is 3. The number of carbonyl (C=O) groups is 2. The average Bonchev–Trinajstić information content (AvgIpc) is 3.25. The Hall–Kier alpha value is -3.04. The maximum Gasteiger partial charge on any atom is 0.241 e. The number of halogens is 1. The monoisotopic (exact) mass is 470 g/mol. The van der Waals surface area contributed by atoms with E-state index in [1.165, 1.54) is 4.88 Å². The van der Waals surface area contributed by atoms with Gasteiger partial charge in [0.2, 0.25) is 11.8 Å². The van der Waals surface area contributed by atoms with Gasteiger partial charge in [-0.2, -0.15) is 0 Å². The van der Waals surface area contributed by atoms with Gasteiger partial charge in [-0.05, 0) is 38.5 Å². The maximum absolute atomic E-state index is 12.6. The van der Waals surface area contributed by atoms with Crippen LogP contribution in [0.4, 0.5) is 0 Å². The number of aromatic nitrogens is 3. The van der Waals surface area contributed by atoms with Crippen molar-refractivity contribution in [3.05, 3.63) is 62.5 Å². The molecule has 2 amide bonds. The van der Waals surface area contributed by atoms with E-state index in [1.54, 1.807) is 18.3 Å². The second-order valence-electron chi connectivity index (χ2n) is 7.56. The molecule has 1 aromatic carbocycles. The minimum absolute atomic E-state index is 0.00614. The van der Waals surface area contributed by atoms with Crippen molar-refractivity contribution in [2.45, 2.75) is 46.6 Å². The van der Waals surface area contributed by atoms with E-state index < -0.39 is 6.04 Å². The Balaban J connectivity index is 1.83. The van der Waals surface area contributed by atoms with Gasteiger partial charge in [-0.3, -0.25) is 30.0 Å². The van der Waals surface area contributed by atoms with Crippen LogP contribution in [0.1, 0.15) is 59.0 Å². The number of aryl methyl sites for hydroxylation is 2. The van der Waals surface area contributed by atoms with Crippen molar-refractivity contribution in [2.75, 3.05) is 0 Å². The number of hydrogen-bond acceptors (Lipinski definition) is 6. The topological polar surface area (TPSA) is 101 Å². The second-order valence-corrected chi connectivity index (χ2v) is 9.20. The van der Waals surface area contributed by atoms with Gasteiger partial charge in [0.05, 0.1) is 12.1 Å². The van der Waals surface area contributed by atoms with Crippen molar-refractivity contribution in [2.24, 2.45) is 4.99 Å². The number of rotatable bonds is 4. The molecule has 0 unspecified atom stereocenters. The van der Waals surface area contributed by atoms with Gasteiger partial charge in [-0.25, -0.2) is 0 Å². The molecule has 0 bridgehead atoms. The number of hydrazine groups is 1. The smallest absolute Gasteiger partial charge is 0.241 e. The van der Waals surface area contributed by atoms with Crippen molar-refractivity contribution in [3.63, 3.8) is 0 Å². The zero-order chi connectivity index (χ0) is 23.0. The highest BCUT2D eigenvalue weighted by Crippen LogP contribution is 2.39. The summed E-state index contributed by atoms with van der Waals surface area (Å²) in [7, 11) is 0. The molecule has 166 valence electrons. The zero-order valence-electron chi connectivity index (χ0n) is 18.2.